The van der Waals surface area contributed by atoms with Gasteiger partial charge in [0.25, 0.3) is 0 Å². The monoisotopic (exact) mass is 530 g/mol. The van der Waals surface area contributed by atoms with Gasteiger partial charge in [-0.1, -0.05) is 51.4 Å². The summed E-state index contributed by atoms with van der Waals surface area (Å²) < 4.78 is 0. The zero-order valence-electron chi connectivity index (χ0n) is 25.0. The van der Waals surface area contributed by atoms with Gasteiger partial charge in [-0.3, -0.25) is 4.79 Å². The predicted octanol–water partition coefficient (Wildman–Crippen LogP) is 9.73. The van der Waals surface area contributed by atoms with Gasteiger partial charge < -0.3 is 0 Å². The first-order valence-corrected chi connectivity index (χ1v) is 18.7. The number of Topliss-reactive ketones (excluding diaryl/α,β-unsaturated/α-hetero) is 1. The lowest BCUT2D eigenvalue weighted by Gasteiger charge is -2.59. The van der Waals surface area contributed by atoms with Crippen LogP contribution in [0.4, 0.5) is 0 Å². The summed E-state index contributed by atoms with van der Waals surface area (Å²) in [6, 6.07) is 0. The summed E-state index contributed by atoms with van der Waals surface area (Å²) in [5.41, 5.74) is 0. The molecule has 1 heteroatoms. The minimum Gasteiger partial charge on any atom is -0.299 e. The van der Waals surface area contributed by atoms with Crippen molar-refractivity contribution in [3.63, 3.8) is 0 Å². The first kappa shape index (κ1) is 25.2. The molecule has 0 aromatic rings. The van der Waals surface area contributed by atoms with Crippen molar-refractivity contribution in [1.82, 2.24) is 0 Å². The van der Waals surface area contributed by atoms with Crippen LogP contribution in [-0.4, -0.2) is 5.78 Å². The zero-order valence-corrected chi connectivity index (χ0v) is 25.0. The molecule has 0 radical (unpaired) electrons. The highest BCUT2D eigenvalue weighted by atomic mass is 16.1. The van der Waals surface area contributed by atoms with Crippen molar-refractivity contribution in [1.29, 1.82) is 0 Å². The molecule has 16 atom stereocenters. The molecule has 0 N–H and O–H groups in total. The van der Waals surface area contributed by atoms with Gasteiger partial charge in [0.05, 0.1) is 0 Å². The third kappa shape index (κ3) is 4.29. The maximum absolute atomic E-state index is 13.8. The normalized spacial score (nSPS) is 58.2. The zero-order chi connectivity index (χ0) is 25.7. The standard InChI is InChI=1S/C38H58O/c39-38-21-34-17-30-13-26-9-22-5-1-2-6-23(22)10-27(26)14-31(30)18-35(34)36-19-32-15-28-11-24-7-3-4-8-25(24)12-29(28)16-33(32)20-37(36)38/h22-37H,1-21H2. The van der Waals surface area contributed by atoms with E-state index in [0.29, 0.717) is 5.92 Å². The van der Waals surface area contributed by atoms with Gasteiger partial charge in [-0.05, 0) is 166 Å². The van der Waals surface area contributed by atoms with Crippen molar-refractivity contribution in [2.75, 3.05) is 0 Å². The van der Waals surface area contributed by atoms with E-state index in [4.69, 9.17) is 0 Å². The Bertz CT molecular complexity index is 937. The Kier molecular flexibility index (Phi) is 6.37. The summed E-state index contributed by atoms with van der Waals surface area (Å²) in [6.45, 7) is 0. The van der Waals surface area contributed by atoms with Gasteiger partial charge in [0, 0.05) is 12.3 Å². The second kappa shape index (κ2) is 9.86. The average Bonchev–Trinajstić information content (AvgIpc) is 2.95. The molecule has 9 saturated carbocycles. The fourth-order valence-corrected chi connectivity index (χ4v) is 14.9. The van der Waals surface area contributed by atoms with Crippen LogP contribution in [0.3, 0.4) is 0 Å². The number of ketones is 1. The third-order valence-electron chi connectivity index (χ3n) is 16.5. The summed E-state index contributed by atoms with van der Waals surface area (Å²) in [4.78, 5) is 13.8. The molecule has 9 rings (SSSR count). The van der Waals surface area contributed by atoms with Gasteiger partial charge in [-0.15, -0.1) is 0 Å². The molecular formula is C38H58O. The molecule has 0 aliphatic heterocycles. The maximum Gasteiger partial charge on any atom is 0.136 e. The van der Waals surface area contributed by atoms with Gasteiger partial charge in [-0.2, -0.15) is 0 Å². The number of fused-ring (bicyclic) bond motifs is 9. The minimum atomic E-state index is 0.473. The van der Waals surface area contributed by atoms with E-state index in [1.54, 1.807) is 70.6 Å². The van der Waals surface area contributed by atoms with Crippen molar-refractivity contribution in [2.24, 2.45) is 94.7 Å². The lowest BCUT2D eigenvalue weighted by atomic mass is 9.46. The lowest BCUT2D eigenvalue weighted by molar-refractivity contribution is -0.144. The van der Waals surface area contributed by atoms with E-state index in [1.165, 1.54) is 57.8 Å². The topological polar surface area (TPSA) is 17.1 Å². The molecule has 0 aromatic carbocycles. The molecule has 0 bridgehead atoms. The van der Waals surface area contributed by atoms with Crippen LogP contribution in [0, 0.1) is 94.7 Å². The van der Waals surface area contributed by atoms with Crippen LogP contribution < -0.4 is 0 Å². The summed E-state index contributed by atoms with van der Waals surface area (Å²) in [6.07, 6.45) is 31.6. The number of carbonyl (C=O) groups is 1. The molecule has 216 valence electrons. The van der Waals surface area contributed by atoms with Crippen LogP contribution in [-0.2, 0) is 4.79 Å². The van der Waals surface area contributed by atoms with Crippen molar-refractivity contribution >= 4 is 5.78 Å². The first-order valence-electron chi connectivity index (χ1n) is 18.7. The summed E-state index contributed by atoms with van der Waals surface area (Å²) in [5, 5.41) is 0. The number of hydrogen-bond donors (Lipinski definition) is 0. The second-order valence-electron chi connectivity index (χ2n) is 17.9. The van der Waals surface area contributed by atoms with E-state index in [9.17, 15) is 4.79 Å². The van der Waals surface area contributed by atoms with E-state index in [0.717, 1.165) is 101 Å². The predicted molar refractivity (Wildman–Crippen MR) is 158 cm³/mol. The molecular weight excluding hydrogens is 472 g/mol. The molecule has 16 unspecified atom stereocenters. The molecule has 0 amide bonds. The molecule has 9 aliphatic carbocycles. The largest absolute Gasteiger partial charge is 0.299 e. The van der Waals surface area contributed by atoms with Gasteiger partial charge in [0.2, 0.25) is 0 Å². The Balaban J connectivity index is 0.900. The van der Waals surface area contributed by atoms with Crippen LogP contribution in [0.2, 0.25) is 0 Å². The molecule has 0 spiro atoms. The second-order valence-corrected chi connectivity index (χ2v) is 17.9. The fraction of sp³-hybridized carbons (Fsp3) is 0.974. The third-order valence-corrected chi connectivity index (χ3v) is 16.5. The van der Waals surface area contributed by atoms with E-state index in [-0.39, 0.29) is 0 Å². The van der Waals surface area contributed by atoms with E-state index in [2.05, 4.69) is 0 Å². The molecule has 0 heterocycles. The smallest absolute Gasteiger partial charge is 0.136 e. The van der Waals surface area contributed by atoms with Gasteiger partial charge in [-0.25, -0.2) is 0 Å². The van der Waals surface area contributed by atoms with Crippen molar-refractivity contribution < 1.29 is 4.79 Å². The molecule has 1 nitrogen and oxygen atoms in total. The molecule has 0 aromatic heterocycles. The summed E-state index contributed by atoms with van der Waals surface area (Å²) >= 11 is 0. The number of carbonyl (C=O) groups excluding carboxylic acids is 1. The summed E-state index contributed by atoms with van der Waals surface area (Å²) in [7, 11) is 0. The maximum atomic E-state index is 13.8. The van der Waals surface area contributed by atoms with E-state index >= 15 is 0 Å². The quantitative estimate of drug-likeness (QED) is 0.305. The molecule has 39 heavy (non-hydrogen) atoms. The van der Waals surface area contributed by atoms with E-state index in [1.807, 2.05) is 0 Å². The average molecular weight is 531 g/mol. The van der Waals surface area contributed by atoms with Crippen molar-refractivity contribution in [3.05, 3.63) is 0 Å². The Hall–Kier alpha value is -0.330. The lowest BCUT2D eigenvalue weighted by Crippen LogP contribution is -2.52. The van der Waals surface area contributed by atoms with Crippen LogP contribution in [0.15, 0.2) is 0 Å². The summed E-state index contributed by atoms with van der Waals surface area (Å²) in [5.74, 6) is 16.1. The molecule has 9 aliphatic rings. The Morgan fingerprint density at radius 2 is 0.667 bits per heavy atom. The fourth-order valence-electron chi connectivity index (χ4n) is 14.9. The van der Waals surface area contributed by atoms with Crippen LogP contribution in [0.25, 0.3) is 0 Å². The van der Waals surface area contributed by atoms with Crippen LogP contribution >= 0.6 is 0 Å². The highest BCUT2D eigenvalue weighted by molar-refractivity contribution is 5.82. The number of rotatable bonds is 0. The highest BCUT2D eigenvalue weighted by Gasteiger charge is 2.56. The first-order chi connectivity index (χ1) is 19.2. The van der Waals surface area contributed by atoms with Crippen LogP contribution in [0.5, 0.6) is 0 Å². The Morgan fingerprint density at radius 1 is 0.333 bits per heavy atom. The highest BCUT2D eigenvalue weighted by Crippen LogP contribution is 2.63. The minimum absolute atomic E-state index is 0.473. The van der Waals surface area contributed by atoms with Crippen molar-refractivity contribution in [2.45, 2.75) is 135 Å². The van der Waals surface area contributed by atoms with Gasteiger partial charge in [0.15, 0.2) is 0 Å². The molecule has 0 saturated heterocycles. The Labute approximate surface area is 239 Å². The van der Waals surface area contributed by atoms with E-state index < -0.39 is 0 Å². The van der Waals surface area contributed by atoms with Gasteiger partial charge in [0.1, 0.15) is 5.78 Å². The molecule has 9 fully saturated rings. The van der Waals surface area contributed by atoms with Crippen LogP contribution in [0.1, 0.15) is 135 Å². The number of hydrogen-bond acceptors (Lipinski definition) is 1. The van der Waals surface area contributed by atoms with Crippen molar-refractivity contribution in [3.8, 4) is 0 Å². The SMILES string of the molecule is O=C1CC2CC3CC4CC5CCCCC5CC4CC3CC2C2CC3CC4CC5CCCCC5CC4CC3CC12. The Morgan fingerprint density at radius 3 is 1.13 bits per heavy atom. The van der Waals surface area contributed by atoms with Gasteiger partial charge >= 0.3 is 0 Å².